The fourth-order valence-corrected chi connectivity index (χ4v) is 5.13. The van der Waals surface area contributed by atoms with Crippen LogP contribution in [0.3, 0.4) is 0 Å². The van der Waals surface area contributed by atoms with E-state index in [0.29, 0.717) is 16.7 Å². The lowest BCUT2D eigenvalue weighted by molar-refractivity contribution is 0.252. The van der Waals surface area contributed by atoms with Gasteiger partial charge in [0.1, 0.15) is 0 Å². The molecule has 0 amide bonds. The molecule has 158 valence electrons. The summed E-state index contributed by atoms with van der Waals surface area (Å²) in [5, 5.41) is 0. The standard InChI is InChI=1S/C19H16F2N2O4S3/c20-19(21)28-16-11-9-14(10-12-16)22-30(26,27)18-8-4-5-15(13-18)23-29(24,25)17-6-2-1-3-7-17/h1-13,19,22-23H. The number of hydrogen-bond acceptors (Lipinski definition) is 5. The Morgan fingerprint density at radius 3 is 1.87 bits per heavy atom. The van der Waals surface area contributed by atoms with Crippen molar-refractivity contribution in [2.45, 2.75) is 20.4 Å². The van der Waals surface area contributed by atoms with Crippen molar-refractivity contribution in [1.29, 1.82) is 0 Å². The molecular weight excluding hydrogens is 454 g/mol. The molecule has 3 rings (SSSR count). The van der Waals surface area contributed by atoms with Crippen LogP contribution in [0.2, 0.25) is 0 Å². The molecule has 0 heterocycles. The highest BCUT2D eigenvalue weighted by Gasteiger charge is 2.18. The van der Waals surface area contributed by atoms with Gasteiger partial charge in [-0.1, -0.05) is 36.0 Å². The van der Waals surface area contributed by atoms with Crippen LogP contribution >= 0.6 is 11.8 Å². The van der Waals surface area contributed by atoms with Gasteiger partial charge in [-0.15, -0.1) is 0 Å². The van der Waals surface area contributed by atoms with Gasteiger partial charge < -0.3 is 0 Å². The Labute approximate surface area is 177 Å². The zero-order chi connectivity index (χ0) is 21.8. The van der Waals surface area contributed by atoms with E-state index in [4.69, 9.17) is 0 Å². The number of thioether (sulfide) groups is 1. The Balaban J connectivity index is 1.79. The van der Waals surface area contributed by atoms with E-state index in [0.717, 1.165) is 0 Å². The molecule has 11 heteroatoms. The van der Waals surface area contributed by atoms with Gasteiger partial charge in [0.15, 0.2) is 0 Å². The second-order valence-corrected chi connectivity index (χ2v) is 10.4. The third-order valence-corrected chi connectivity index (χ3v) is 7.28. The predicted molar refractivity (Wildman–Crippen MR) is 113 cm³/mol. The molecule has 0 spiro atoms. The molecular formula is C19H16F2N2O4S3. The average molecular weight is 471 g/mol. The summed E-state index contributed by atoms with van der Waals surface area (Å²) in [5.41, 5.74) is 0.259. The third-order valence-electron chi connectivity index (χ3n) is 3.78. The SMILES string of the molecule is O=S(=O)(Nc1cccc(S(=O)(=O)Nc2ccc(SC(F)F)cc2)c1)c1ccccc1. The average Bonchev–Trinajstić information content (AvgIpc) is 2.69. The van der Waals surface area contributed by atoms with Crippen molar-refractivity contribution in [3.8, 4) is 0 Å². The van der Waals surface area contributed by atoms with Gasteiger partial charge in [0.2, 0.25) is 0 Å². The number of hydrogen-bond donors (Lipinski definition) is 2. The number of rotatable bonds is 8. The van der Waals surface area contributed by atoms with E-state index in [2.05, 4.69) is 9.44 Å². The molecule has 2 N–H and O–H groups in total. The Morgan fingerprint density at radius 1 is 0.667 bits per heavy atom. The minimum absolute atomic E-state index is 0.0399. The zero-order valence-corrected chi connectivity index (χ0v) is 17.6. The molecule has 0 aliphatic heterocycles. The van der Waals surface area contributed by atoms with Gasteiger partial charge in [-0.05, 0) is 54.6 Å². The molecule has 0 radical (unpaired) electrons. The van der Waals surface area contributed by atoms with Crippen LogP contribution in [-0.4, -0.2) is 22.6 Å². The first-order chi connectivity index (χ1) is 14.2. The topological polar surface area (TPSA) is 92.3 Å². The number of nitrogens with one attached hydrogen (secondary N) is 2. The Bertz CT molecular complexity index is 1220. The van der Waals surface area contributed by atoms with Gasteiger partial charge in [-0.25, -0.2) is 16.8 Å². The first kappa shape index (κ1) is 22.1. The predicted octanol–water partition coefficient (Wildman–Crippen LogP) is 4.60. The maximum Gasteiger partial charge on any atom is 0.288 e. The third kappa shape index (κ3) is 5.71. The van der Waals surface area contributed by atoms with E-state index in [-0.39, 0.29) is 21.2 Å². The molecule has 0 bridgehead atoms. The van der Waals surface area contributed by atoms with Gasteiger partial charge in [-0.3, -0.25) is 9.44 Å². The van der Waals surface area contributed by atoms with Crippen molar-refractivity contribution in [2.24, 2.45) is 0 Å². The molecule has 0 saturated heterocycles. The normalized spacial score (nSPS) is 12.0. The van der Waals surface area contributed by atoms with Crippen molar-refractivity contribution in [3.05, 3.63) is 78.9 Å². The quantitative estimate of drug-likeness (QED) is 0.470. The summed E-state index contributed by atoms with van der Waals surface area (Å²) in [5.74, 6) is -2.57. The highest BCUT2D eigenvalue weighted by molar-refractivity contribution is 7.99. The van der Waals surface area contributed by atoms with Crippen LogP contribution in [0, 0.1) is 0 Å². The number of halogens is 2. The molecule has 3 aromatic rings. The fourth-order valence-electron chi connectivity index (χ4n) is 2.46. The van der Waals surface area contributed by atoms with E-state index in [1.165, 1.54) is 60.7 Å². The molecule has 0 saturated carbocycles. The first-order valence-electron chi connectivity index (χ1n) is 8.41. The summed E-state index contributed by atoms with van der Waals surface area (Å²) in [6, 6.07) is 18.5. The molecule has 0 atom stereocenters. The monoisotopic (exact) mass is 470 g/mol. The van der Waals surface area contributed by atoms with E-state index >= 15 is 0 Å². The molecule has 0 unspecified atom stereocenters. The minimum Gasteiger partial charge on any atom is -0.280 e. The van der Waals surface area contributed by atoms with E-state index in [1.807, 2.05) is 0 Å². The van der Waals surface area contributed by atoms with Gasteiger partial charge in [-0.2, -0.15) is 8.78 Å². The summed E-state index contributed by atoms with van der Waals surface area (Å²) in [4.78, 5) is 0.171. The molecule has 30 heavy (non-hydrogen) atoms. The zero-order valence-electron chi connectivity index (χ0n) is 15.2. The smallest absolute Gasteiger partial charge is 0.280 e. The lowest BCUT2D eigenvalue weighted by Gasteiger charge is -2.12. The fraction of sp³-hybridized carbons (Fsp3) is 0.0526. The Morgan fingerprint density at radius 2 is 1.23 bits per heavy atom. The van der Waals surface area contributed by atoms with Crippen LogP contribution < -0.4 is 9.44 Å². The number of alkyl halides is 2. The lowest BCUT2D eigenvalue weighted by Crippen LogP contribution is -2.15. The summed E-state index contributed by atoms with van der Waals surface area (Å²) in [6.45, 7) is 0. The van der Waals surface area contributed by atoms with Crippen molar-refractivity contribution in [3.63, 3.8) is 0 Å². The summed E-state index contributed by atoms with van der Waals surface area (Å²) < 4.78 is 79.6. The molecule has 0 aliphatic rings. The van der Waals surface area contributed by atoms with E-state index in [9.17, 15) is 25.6 Å². The molecule has 0 aliphatic carbocycles. The van der Waals surface area contributed by atoms with Crippen molar-refractivity contribution in [2.75, 3.05) is 9.44 Å². The largest absolute Gasteiger partial charge is 0.288 e. The number of sulfonamides is 2. The van der Waals surface area contributed by atoms with Gasteiger partial charge >= 0.3 is 0 Å². The second kappa shape index (κ2) is 9.02. The highest BCUT2D eigenvalue weighted by Crippen LogP contribution is 2.27. The molecule has 6 nitrogen and oxygen atoms in total. The van der Waals surface area contributed by atoms with E-state index in [1.54, 1.807) is 18.2 Å². The minimum atomic E-state index is -4.03. The maximum absolute atomic E-state index is 12.6. The second-order valence-electron chi connectivity index (χ2n) is 5.95. The van der Waals surface area contributed by atoms with Crippen LogP contribution in [-0.2, 0) is 20.0 Å². The van der Waals surface area contributed by atoms with Crippen LogP contribution in [0.4, 0.5) is 20.2 Å². The van der Waals surface area contributed by atoms with Gasteiger partial charge in [0.25, 0.3) is 25.8 Å². The summed E-state index contributed by atoms with van der Waals surface area (Å²) >= 11 is 0.351. The van der Waals surface area contributed by atoms with Crippen molar-refractivity contribution in [1.82, 2.24) is 0 Å². The van der Waals surface area contributed by atoms with Crippen molar-refractivity contribution < 1.29 is 25.6 Å². The molecule has 0 fully saturated rings. The van der Waals surface area contributed by atoms with E-state index < -0.39 is 25.8 Å². The highest BCUT2D eigenvalue weighted by atomic mass is 32.2. The Hall–Kier alpha value is -2.63. The maximum atomic E-state index is 12.6. The number of benzene rings is 3. The first-order valence-corrected chi connectivity index (χ1v) is 12.3. The van der Waals surface area contributed by atoms with Gasteiger partial charge in [0, 0.05) is 10.6 Å². The molecule has 3 aromatic carbocycles. The van der Waals surface area contributed by atoms with Crippen LogP contribution in [0.1, 0.15) is 0 Å². The van der Waals surface area contributed by atoms with Gasteiger partial charge in [0.05, 0.1) is 15.5 Å². The van der Waals surface area contributed by atoms with Crippen molar-refractivity contribution >= 4 is 43.2 Å². The number of anilines is 2. The summed E-state index contributed by atoms with van der Waals surface area (Å²) in [7, 11) is -7.91. The summed E-state index contributed by atoms with van der Waals surface area (Å²) in [6.07, 6.45) is 0. The molecule has 0 aromatic heterocycles. The Kier molecular flexibility index (Phi) is 6.64. The van der Waals surface area contributed by atoms with Crippen LogP contribution in [0.5, 0.6) is 0 Å². The van der Waals surface area contributed by atoms with Crippen LogP contribution in [0.25, 0.3) is 0 Å². The lowest BCUT2D eigenvalue weighted by atomic mass is 10.3. The van der Waals surface area contributed by atoms with Crippen LogP contribution in [0.15, 0.2) is 93.5 Å².